The monoisotopic (exact) mass is 427 g/mol. The average Bonchev–Trinajstić information content (AvgIpc) is 2.66. The molecule has 7 heteroatoms. The third kappa shape index (κ3) is 4.15. The predicted octanol–water partition coefficient (Wildman–Crippen LogP) is 4.37. The maximum absolute atomic E-state index is 12.1. The minimum absolute atomic E-state index is 0.00746. The molecule has 26 heavy (non-hydrogen) atoms. The summed E-state index contributed by atoms with van der Waals surface area (Å²) in [5, 5.41) is 9.78. The fourth-order valence-electron chi connectivity index (χ4n) is 2.39. The summed E-state index contributed by atoms with van der Waals surface area (Å²) in [6, 6.07) is 17.0. The van der Waals surface area contributed by atoms with E-state index in [-0.39, 0.29) is 5.56 Å². The Kier molecular flexibility index (Phi) is 5.76. The van der Waals surface area contributed by atoms with E-state index in [1.54, 1.807) is 12.1 Å². The van der Waals surface area contributed by atoms with Gasteiger partial charge in [-0.1, -0.05) is 52.0 Å². The summed E-state index contributed by atoms with van der Waals surface area (Å²) >= 11 is 4.75. The number of halogens is 1. The van der Waals surface area contributed by atoms with E-state index < -0.39 is 5.56 Å². The van der Waals surface area contributed by atoms with Crippen LogP contribution in [-0.2, 0) is 6.61 Å². The number of benzene rings is 2. The van der Waals surface area contributed by atoms with Crippen molar-refractivity contribution in [3.05, 3.63) is 74.5 Å². The molecule has 1 N–H and O–H groups in total. The molecule has 0 bridgehead atoms. The van der Waals surface area contributed by atoms with E-state index in [4.69, 9.17) is 4.74 Å². The normalized spacial score (nSPS) is 10.3. The maximum Gasteiger partial charge on any atom is 0.270 e. The fraction of sp³-hybridized carbons (Fsp3) is 0.105. The molecule has 0 amide bonds. The largest absolute Gasteiger partial charge is 0.489 e. The highest BCUT2D eigenvalue weighted by atomic mass is 79.9. The van der Waals surface area contributed by atoms with Crippen molar-refractivity contribution in [2.45, 2.75) is 11.8 Å². The van der Waals surface area contributed by atoms with Crippen molar-refractivity contribution in [2.24, 2.45) is 0 Å². The van der Waals surface area contributed by atoms with Crippen LogP contribution < -0.4 is 10.3 Å². The molecule has 2 aromatic carbocycles. The number of aromatic amines is 1. The maximum atomic E-state index is 12.1. The van der Waals surface area contributed by atoms with Gasteiger partial charge in [0.1, 0.15) is 24.0 Å². The molecule has 0 radical (unpaired) electrons. The van der Waals surface area contributed by atoms with Crippen LogP contribution in [-0.4, -0.2) is 16.2 Å². The van der Waals surface area contributed by atoms with Crippen LogP contribution in [0.4, 0.5) is 0 Å². The molecule has 0 fully saturated rings. The van der Waals surface area contributed by atoms with Gasteiger partial charge in [-0.3, -0.25) is 4.79 Å². The standard InChI is InChI=1S/C19H14BrN3O2S/c1-26-19-22-17(16(10-21)18(24)23-19)13-5-3-7-15(9-13)25-11-12-4-2-6-14(20)8-12/h2-9H,11H2,1H3,(H,22,23,24). The number of ether oxygens (including phenoxy) is 1. The van der Waals surface area contributed by atoms with Gasteiger partial charge < -0.3 is 9.72 Å². The molecule has 0 saturated heterocycles. The Morgan fingerprint density at radius 2 is 2.08 bits per heavy atom. The fourth-order valence-corrected chi connectivity index (χ4v) is 3.21. The van der Waals surface area contributed by atoms with Crippen LogP contribution in [0.3, 0.4) is 0 Å². The lowest BCUT2D eigenvalue weighted by Gasteiger charge is -2.09. The van der Waals surface area contributed by atoms with Gasteiger partial charge >= 0.3 is 0 Å². The number of nitriles is 1. The number of hydrogen-bond acceptors (Lipinski definition) is 5. The number of H-pyrrole nitrogens is 1. The van der Waals surface area contributed by atoms with Crippen LogP contribution in [0.25, 0.3) is 11.3 Å². The van der Waals surface area contributed by atoms with E-state index in [0.717, 1.165) is 10.0 Å². The summed E-state index contributed by atoms with van der Waals surface area (Å²) in [7, 11) is 0. The zero-order chi connectivity index (χ0) is 18.5. The summed E-state index contributed by atoms with van der Waals surface area (Å²) in [5.41, 5.74) is 1.60. The number of hydrogen-bond donors (Lipinski definition) is 1. The third-order valence-corrected chi connectivity index (χ3v) is 4.68. The summed E-state index contributed by atoms with van der Waals surface area (Å²) < 4.78 is 6.84. The molecule has 1 aromatic heterocycles. The Balaban J connectivity index is 1.91. The Morgan fingerprint density at radius 3 is 2.81 bits per heavy atom. The lowest BCUT2D eigenvalue weighted by molar-refractivity contribution is 0.306. The molecule has 130 valence electrons. The Morgan fingerprint density at radius 1 is 1.27 bits per heavy atom. The van der Waals surface area contributed by atoms with Crippen LogP contribution in [0, 0.1) is 11.3 Å². The molecule has 0 unspecified atom stereocenters. The molecular formula is C19H14BrN3O2S. The van der Waals surface area contributed by atoms with Crippen molar-refractivity contribution in [1.82, 2.24) is 9.97 Å². The second-order valence-corrected chi connectivity index (χ2v) is 7.07. The van der Waals surface area contributed by atoms with E-state index in [9.17, 15) is 10.1 Å². The van der Waals surface area contributed by atoms with Gasteiger partial charge in [0.05, 0.1) is 5.69 Å². The second kappa shape index (κ2) is 8.21. The summed E-state index contributed by atoms with van der Waals surface area (Å²) in [4.78, 5) is 19.1. The SMILES string of the molecule is CSc1nc(-c2cccc(OCc3cccc(Br)c3)c2)c(C#N)c(=O)[nH]1. The summed E-state index contributed by atoms with van der Waals surface area (Å²) in [6.45, 7) is 0.410. The minimum atomic E-state index is -0.442. The van der Waals surface area contributed by atoms with Gasteiger partial charge in [0.15, 0.2) is 5.16 Å². The van der Waals surface area contributed by atoms with E-state index in [2.05, 4.69) is 25.9 Å². The number of nitrogens with zero attached hydrogens (tertiary/aromatic N) is 2. The van der Waals surface area contributed by atoms with Crippen molar-refractivity contribution in [3.8, 4) is 23.1 Å². The Bertz CT molecular complexity index is 1040. The van der Waals surface area contributed by atoms with Crippen molar-refractivity contribution in [2.75, 3.05) is 6.26 Å². The van der Waals surface area contributed by atoms with Crippen molar-refractivity contribution in [1.29, 1.82) is 5.26 Å². The van der Waals surface area contributed by atoms with Crippen LogP contribution >= 0.6 is 27.7 Å². The first-order valence-electron chi connectivity index (χ1n) is 7.67. The van der Waals surface area contributed by atoms with Gasteiger partial charge in [0.25, 0.3) is 5.56 Å². The molecule has 0 aliphatic carbocycles. The van der Waals surface area contributed by atoms with Crippen molar-refractivity contribution in [3.63, 3.8) is 0 Å². The van der Waals surface area contributed by atoms with Crippen LogP contribution in [0.15, 0.2) is 63.0 Å². The van der Waals surface area contributed by atoms with E-state index >= 15 is 0 Å². The zero-order valence-corrected chi connectivity index (χ0v) is 16.2. The number of aromatic nitrogens is 2. The van der Waals surface area contributed by atoms with Crippen molar-refractivity contribution >= 4 is 27.7 Å². The first-order chi connectivity index (χ1) is 12.6. The molecule has 0 saturated carbocycles. The molecule has 0 aliphatic heterocycles. The van der Waals surface area contributed by atoms with Gasteiger partial charge in [-0.15, -0.1) is 0 Å². The molecule has 0 aliphatic rings. The van der Waals surface area contributed by atoms with E-state index in [0.29, 0.717) is 28.8 Å². The van der Waals surface area contributed by atoms with Crippen LogP contribution in [0.2, 0.25) is 0 Å². The average molecular weight is 428 g/mol. The molecular weight excluding hydrogens is 414 g/mol. The highest BCUT2D eigenvalue weighted by Gasteiger charge is 2.13. The molecule has 3 rings (SSSR count). The highest BCUT2D eigenvalue weighted by molar-refractivity contribution is 9.10. The first-order valence-corrected chi connectivity index (χ1v) is 9.68. The van der Waals surface area contributed by atoms with Gasteiger partial charge in [0.2, 0.25) is 0 Å². The molecule has 1 heterocycles. The molecule has 0 atom stereocenters. The van der Waals surface area contributed by atoms with E-state index in [1.807, 2.05) is 48.7 Å². The second-order valence-electron chi connectivity index (χ2n) is 5.36. The number of rotatable bonds is 5. The summed E-state index contributed by atoms with van der Waals surface area (Å²) in [6.07, 6.45) is 1.81. The zero-order valence-electron chi connectivity index (χ0n) is 13.8. The van der Waals surface area contributed by atoms with Gasteiger partial charge in [-0.05, 0) is 36.1 Å². The van der Waals surface area contributed by atoms with Gasteiger partial charge in [0, 0.05) is 10.0 Å². The topological polar surface area (TPSA) is 78.8 Å². The quantitative estimate of drug-likeness (QED) is 0.482. The molecule has 5 nitrogen and oxygen atoms in total. The first kappa shape index (κ1) is 18.2. The van der Waals surface area contributed by atoms with Crippen molar-refractivity contribution < 1.29 is 4.74 Å². The van der Waals surface area contributed by atoms with Crippen LogP contribution in [0.1, 0.15) is 11.1 Å². The third-order valence-electron chi connectivity index (χ3n) is 3.60. The predicted molar refractivity (Wildman–Crippen MR) is 105 cm³/mol. The summed E-state index contributed by atoms with van der Waals surface area (Å²) in [5.74, 6) is 0.638. The Hall–Kier alpha value is -2.56. The van der Waals surface area contributed by atoms with Gasteiger partial charge in [-0.25, -0.2) is 4.98 Å². The lowest BCUT2D eigenvalue weighted by atomic mass is 10.1. The number of thioether (sulfide) groups is 1. The van der Waals surface area contributed by atoms with E-state index in [1.165, 1.54) is 11.8 Å². The smallest absolute Gasteiger partial charge is 0.270 e. The van der Waals surface area contributed by atoms with Gasteiger partial charge in [-0.2, -0.15) is 5.26 Å². The number of nitrogens with one attached hydrogen (secondary N) is 1. The minimum Gasteiger partial charge on any atom is -0.489 e. The molecule has 0 spiro atoms. The molecule has 3 aromatic rings. The highest BCUT2D eigenvalue weighted by Crippen LogP contribution is 2.25. The lowest BCUT2D eigenvalue weighted by Crippen LogP contribution is -2.14. The Labute approximate surface area is 163 Å². The van der Waals surface area contributed by atoms with Crippen LogP contribution in [0.5, 0.6) is 5.75 Å².